The molecule has 1 saturated heterocycles. The maximum absolute atomic E-state index is 9.68. The summed E-state index contributed by atoms with van der Waals surface area (Å²) in [6, 6.07) is 0.592. The summed E-state index contributed by atoms with van der Waals surface area (Å²) in [4.78, 5) is 4.53. The lowest BCUT2D eigenvalue weighted by molar-refractivity contribution is 0.131. The van der Waals surface area contributed by atoms with Crippen LogP contribution >= 0.6 is 0 Å². The topological polar surface area (TPSA) is 38.7 Å². The van der Waals surface area contributed by atoms with Crippen molar-refractivity contribution in [2.24, 2.45) is 0 Å². The highest BCUT2D eigenvalue weighted by molar-refractivity contribution is 4.75. The van der Waals surface area contributed by atoms with Gasteiger partial charge in [0.05, 0.1) is 6.10 Å². The number of nitrogens with zero attached hydrogens (tertiary/aromatic N) is 2. The molecule has 0 saturated carbocycles. The molecule has 2 N–H and O–H groups in total. The van der Waals surface area contributed by atoms with Crippen molar-refractivity contribution < 1.29 is 5.11 Å². The molecule has 4 nitrogen and oxygen atoms in total. The fourth-order valence-electron chi connectivity index (χ4n) is 2.26. The zero-order chi connectivity index (χ0) is 12.0. The summed E-state index contributed by atoms with van der Waals surface area (Å²) < 4.78 is 0. The van der Waals surface area contributed by atoms with Gasteiger partial charge in [0.2, 0.25) is 0 Å². The molecule has 1 aliphatic heterocycles. The minimum atomic E-state index is -0.263. The Morgan fingerprint density at radius 1 is 1.25 bits per heavy atom. The Labute approximate surface area is 99.6 Å². The van der Waals surface area contributed by atoms with E-state index >= 15 is 0 Å². The molecule has 0 aromatic rings. The van der Waals surface area contributed by atoms with Crippen LogP contribution in [0.15, 0.2) is 0 Å². The third kappa shape index (κ3) is 5.25. The molecule has 1 rings (SSSR count). The van der Waals surface area contributed by atoms with E-state index in [0.717, 1.165) is 13.1 Å². The van der Waals surface area contributed by atoms with Gasteiger partial charge in [0.25, 0.3) is 0 Å². The lowest BCUT2D eigenvalue weighted by Crippen LogP contribution is -2.42. The van der Waals surface area contributed by atoms with E-state index in [2.05, 4.69) is 17.1 Å². The van der Waals surface area contributed by atoms with E-state index < -0.39 is 0 Å². The lowest BCUT2D eigenvalue weighted by atomic mass is 10.2. The van der Waals surface area contributed by atoms with Crippen LogP contribution in [0.5, 0.6) is 0 Å². The van der Waals surface area contributed by atoms with Crippen molar-refractivity contribution in [3.8, 4) is 0 Å². The molecule has 1 aliphatic rings. The maximum Gasteiger partial charge on any atom is 0.0791 e. The Morgan fingerprint density at radius 3 is 2.44 bits per heavy atom. The summed E-state index contributed by atoms with van der Waals surface area (Å²) in [5.41, 5.74) is 0. The molecular formula is C12H27N3O. The minimum absolute atomic E-state index is 0.263. The van der Waals surface area contributed by atoms with Crippen LogP contribution in [0.4, 0.5) is 0 Å². The summed E-state index contributed by atoms with van der Waals surface area (Å²) in [6.45, 7) is 7.13. The molecular weight excluding hydrogens is 202 g/mol. The minimum Gasteiger partial charge on any atom is -0.390 e. The van der Waals surface area contributed by atoms with E-state index in [9.17, 15) is 5.11 Å². The van der Waals surface area contributed by atoms with Crippen molar-refractivity contribution in [2.75, 3.05) is 46.8 Å². The molecule has 0 bridgehead atoms. The number of likely N-dealkylation sites (N-methyl/N-ethyl adjacent to an activating group) is 1. The van der Waals surface area contributed by atoms with Gasteiger partial charge in [-0.2, -0.15) is 0 Å². The first-order chi connectivity index (χ1) is 7.59. The Bertz CT molecular complexity index is 181. The SMILES string of the molecule is CC(CNCC(O)CN(C)C)N1CCCC1. The molecule has 0 spiro atoms. The Kier molecular flexibility index (Phi) is 6.28. The third-order valence-electron chi connectivity index (χ3n) is 3.16. The molecule has 1 fully saturated rings. The summed E-state index contributed by atoms with van der Waals surface area (Å²) >= 11 is 0. The van der Waals surface area contributed by atoms with Crippen LogP contribution < -0.4 is 5.32 Å². The molecule has 0 aromatic heterocycles. The molecule has 0 radical (unpaired) electrons. The number of rotatable bonds is 7. The first-order valence-corrected chi connectivity index (χ1v) is 6.37. The molecule has 0 aromatic carbocycles. The predicted octanol–water partition coefficient (Wildman–Crippen LogP) is -0.0172. The third-order valence-corrected chi connectivity index (χ3v) is 3.16. The van der Waals surface area contributed by atoms with Crippen LogP contribution in [0.2, 0.25) is 0 Å². The molecule has 1 heterocycles. The van der Waals surface area contributed by atoms with Gasteiger partial charge in [-0.25, -0.2) is 0 Å². The van der Waals surface area contributed by atoms with Crippen molar-refractivity contribution >= 4 is 0 Å². The van der Waals surface area contributed by atoms with Crippen molar-refractivity contribution in [3.05, 3.63) is 0 Å². The Hall–Kier alpha value is -0.160. The first kappa shape index (κ1) is 13.9. The molecule has 0 amide bonds. The fraction of sp³-hybridized carbons (Fsp3) is 1.00. The lowest BCUT2D eigenvalue weighted by Gasteiger charge is -2.25. The highest BCUT2D eigenvalue weighted by Crippen LogP contribution is 2.10. The average Bonchev–Trinajstić information content (AvgIpc) is 2.68. The summed E-state index contributed by atoms with van der Waals surface area (Å²) in [5.74, 6) is 0. The number of aliphatic hydroxyl groups excluding tert-OH is 1. The Balaban J connectivity index is 2.05. The standard InChI is InChI=1S/C12H27N3O/c1-11(15-6-4-5-7-15)8-13-9-12(16)10-14(2)3/h11-13,16H,4-10H2,1-3H3. The van der Waals surface area contributed by atoms with Gasteiger partial charge in [0, 0.05) is 25.7 Å². The van der Waals surface area contributed by atoms with E-state index in [4.69, 9.17) is 0 Å². The van der Waals surface area contributed by atoms with E-state index in [1.54, 1.807) is 0 Å². The van der Waals surface area contributed by atoms with Crippen LogP contribution in [0.1, 0.15) is 19.8 Å². The number of likely N-dealkylation sites (tertiary alicyclic amines) is 1. The molecule has 4 heteroatoms. The monoisotopic (exact) mass is 229 g/mol. The van der Waals surface area contributed by atoms with Crippen LogP contribution in [-0.2, 0) is 0 Å². The normalized spacial score (nSPS) is 21.6. The van der Waals surface area contributed by atoms with E-state index in [1.165, 1.54) is 25.9 Å². The van der Waals surface area contributed by atoms with Crippen LogP contribution in [0, 0.1) is 0 Å². The second-order valence-corrected chi connectivity index (χ2v) is 5.17. The van der Waals surface area contributed by atoms with Crippen LogP contribution in [0.3, 0.4) is 0 Å². The average molecular weight is 229 g/mol. The predicted molar refractivity (Wildman–Crippen MR) is 67.7 cm³/mol. The van der Waals surface area contributed by atoms with Gasteiger partial charge in [0.1, 0.15) is 0 Å². The summed E-state index contributed by atoms with van der Waals surface area (Å²) in [5, 5.41) is 13.0. The molecule has 16 heavy (non-hydrogen) atoms. The second-order valence-electron chi connectivity index (χ2n) is 5.17. The highest BCUT2D eigenvalue weighted by atomic mass is 16.3. The molecule has 2 unspecified atom stereocenters. The zero-order valence-corrected chi connectivity index (χ0v) is 10.9. The van der Waals surface area contributed by atoms with Crippen molar-refractivity contribution in [1.29, 1.82) is 0 Å². The smallest absolute Gasteiger partial charge is 0.0791 e. The van der Waals surface area contributed by atoms with E-state index in [-0.39, 0.29) is 6.10 Å². The van der Waals surface area contributed by atoms with Gasteiger partial charge in [0.15, 0.2) is 0 Å². The Morgan fingerprint density at radius 2 is 1.88 bits per heavy atom. The highest BCUT2D eigenvalue weighted by Gasteiger charge is 2.17. The van der Waals surface area contributed by atoms with Gasteiger partial charge in [-0.1, -0.05) is 0 Å². The summed E-state index contributed by atoms with van der Waals surface area (Å²) in [7, 11) is 3.96. The van der Waals surface area contributed by atoms with E-state index in [0.29, 0.717) is 12.6 Å². The van der Waals surface area contributed by atoms with Crippen molar-refractivity contribution in [1.82, 2.24) is 15.1 Å². The van der Waals surface area contributed by atoms with E-state index in [1.807, 2.05) is 19.0 Å². The fourth-order valence-corrected chi connectivity index (χ4v) is 2.26. The number of aliphatic hydroxyl groups is 1. The molecule has 0 aliphatic carbocycles. The molecule has 96 valence electrons. The second kappa shape index (κ2) is 7.22. The zero-order valence-electron chi connectivity index (χ0n) is 10.9. The van der Waals surface area contributed by atoms with Gasteiger partial charge in [-0.15, -0.1) is 0 Å². The van der Waals surface area contributed by atoms with Crippen molar-refractivity contribution in [2.45, 2.75) is 31.9 Å². The van der Waals surface area contributed by atoms with Gasteiger partial charge in [-0.05, 0) is 47.0 Å². The molecule has 2 atom stereocenters. The maximum atomic E-state index is 9.68. The summed E-state index contributed by atoms with van der Waals surface area (Å²) in [6.07, 6.45) is 2.42. The van der Waals surface area contributed by atoms with Crippen LogP contribution in [-0.4, -0.2) is 73.9 Å². The quantitative estimate of drug-likeness (QED) is 0.644. The number of hydrogen-bond donors (Lipinski definition) is 2. The van der Waals surface area contributed by atoms with Crippen molar-refractivity contribution in [3.63, 3.8) is 0 Å². The largest absolute Gasteiger partial charge is 0.390 e. The van der Waals surface area contributed by atoms with Gasteiger partial charge in [-0.3, -0.25) is 4.90 Å². The van der Waals surface area contributed by atoms with Gasteiger partial charge >= 0.3 is 0 Å². The van der Waals surface area contributed by atoms with Gasteiger partial charge < -0.3 is 15.3 Å². The number of nitrogens with one attached hydrogen (secondary N) is 1. The number of hydrogen-bond acceptors (Lipinski definition) is 4. The van der Waals surface area contributed by atoms with Crippen LogP contribution in [0.25, 0.3) is 0 Å². The first-order valence-electron chi connectivity index (χ1n) is 6.37.